The van der Waals surface area contributed by atoms with E-state index in [4.69, 9.17) is 9.52 Å². The Balaban J connectivity index is 2.63. The van der Waals surface area contributed by atoms with Crippen LogP contribution in [0.3, 0.4) is 0 Å². The minimum absolute atomic E-state index is 0.295. The molecule has 1 aromatic rings. The van der Waals surface area contributed by atoms with Crippen molar-refractivity contribution in [3.05, 3.63) is 29.7 Å². The Morgan fingerprint density at radius 3 is 2.65 bits per heavy atom. The van der Waals surface area contributed by atoms with Crippen molar-refractivity contribution in [1.82, 2.24) is 4.90 Å². The summed E-state index contributed by atoms with van der Waals surface area (Å²) in [5.74, 6) is -0.0383. The number of rotatable bonds is 5. The predicted octanol–water partition coefficient (Wildman–Crippen LogP) is 1.53. The number of carbonyl (C=O) groups is 2. The summed E-state index contributed by atoms with van der Waals surface area (Å²) < 4.78 is 5.25. The van der Waals surface area contributed by atoms with E-state index in [0.29, 0.717) is 12.3 Å². The van der Waals surface area contributed by atoms with Crippen LogP contribution >= 0.6 is 0 Å². The summed E-state index contributed by atoms with van der Waals surface area (Å²) in [4.78, 5) is 23.4. The molecule has 1 N–H and O–H groups in total. The summed E-state index contributed by atoms with van der Waals surface area (Å²) >= 11 is 0. The van der Waals surface area contributed by atoms with Gasteiger partial charge >= 0.3 is 5.97 Å². The van der Waals surface area contributed by atoms with Gasteiger partial charge in [-0.25, -0.2) is 0 Å². The summed E-state index contributed by atoms with van der Waals surface area (Å²) in [5, 5.41) is 8.62. The van der Waals surface area contributed by atoms with Gasteiger partial charge in [0.2, 0.25) is 5.91 Å². The van der Waals surface area contributed by atoms with E-state index in [1.807, 2.05) is 6.92 Å². The van der Waals surface area contributed by atoms with E-state index < -0.39 is 5.97 Å². The molecule has 1 rings (SSSR count). The summed E-state index contributed by atoms with van der Waals surface area (Å²) in [6, 6.07) is 3.53. The Labute approximate surface area is 99.3 Å². The monoisotopic (exact) mass is 237 g/mol. The van der Waals surface area contributed by atoms with Crippen molar-refractivity contribution in [2.75, 3.05) is 13.1 Å². The number of carboxylic acid groups (broad SMARTS) is 1. The molecule has 0 aliphatic rings. The maximum Gasteiger partial charge on any atom is 0.323 e. The Morgan fingerprint density at radius 1 is 1.47 bits per heavy atom. The minimum Gasteiger partial charge on any atom is -0.480 e. The lowest BCUT2D eigenvalue weighted by molar-refractivity contribution is -0.142. The number of carboxylic acids is 1. The molecule has 0 saturated heterocycles. The standard InChI is InChI=1S/C12H15NO4/c1-3-13(8-12(15)16)11(14)7-6-10-5-4-9(2)17-10/h4-7H,3,8H2,1-2H3,(H,15,16)/b7-6+. The first-order chi connectivity index (χ1) is 8.02. The molecule has 0 atom stereocenters. The van der Waals surface area contributed by atoms with E-state index in [1.165, 1.54) is 17.1 Å². The van der Waals surface area contributed by atoms with Crippen LogP contribution in [0.25, 0.3) is 6.08 Å². The molecule has 0 aromatic carbocycles. The predicted molar refractivity (Wildman–Crippen MR) is 62.4 cm³/mol. The number of nitrogens with zero attached hydrogens (tertiary/aromatic N) is 1. The highest BCUT2D eigenvalue weighted by Crippen LogP contribution is 2.08. The van der Waals surface area contributed by atoms with Crippen molar-refractivity contribution >= 4 is 18.0 Å². The molecule has 0 saturated carbocycles. The third-order valence-corrected chi connectivity index (χ3v) is 2.17. The zero-order valence-corrected chi connectivity index (χ0v) is 9.84. The first-order valence-electron chi connectivity index (χ1n) is 5.28. The molecule has 0 aliphatic carbocycles. The molecule has 0 aliphatic heterocycles. The number of likely N-dealkylation sites (N-methyl/N-ethyl adjacent to an activating group) is 1. The number of hydrogen-bond acceptors (Lipinski definition) is 3. The first kappa shape index (κ1) is 13.0. The van der Waals surface area contributed by atoms with E-state index in [9.17, 15) is 9.59 Å². The fourth-order valence-corrected chi connectivity index (χ4v) is 1.31. The third-order valence-electron chi connectivity index (χ3n) is 2.17. The van der Waals surface area contributed by atoms with E-state index in [2.05, 4.69) is 0 Å². The Bertz CT molecular complexity index is 433. The van der Waals surface area contributed by atoms with Crippen LogP contribution < -0.4 is 0 Å². The number of furan rings is 1. The lowest BCUT2D eigenvalue weighted by atomic mass is 10.3. The molecule has 5 nitrogen and oxygen atoms in total. The summed E-state index contributed by atoms with van der Waals surface area (Å²) in [6.07, 6.45) is 2.84. The quantitative estimate of drug-likeness (QED) is 0.788. The topological polar surface area (TPSA) is 70.8 Å². The normalized spacial score (nSPS) is 10.7. The maximum absolute atomic E-state index is 11.6. The summed E-state index contributed by atoms with van der Waals surface area (Å²) in [7, 11) is 0. The Kier molecular flexibility index (Phi) is 4.51. The van der Waals surface area contributed by atoms with Crippen molar-refractivity contribution in [3.63, 3.8) is 0 Å². The van der Waals surface area contributed by atoms with Gasteiger partial charge < -0.3 is 14.4 Å². The lowest BCUT2D eigenvalue weighted by Gasteiger charge is -2.15. The van der Waals surface area contributed by atoms with Crippen LogP contribution in [0.4, 0.5) is 0 Å². The zero-order chi connectivity index (χ0) is 12.8. The van der Waals surface area contributed by atoms with Crippen LogP contribution in [-0.2, 0) is 9.59 Å². The highest BCUT2D eigenvalue weighted by molar-refractivity contribution is 5.93. The second-order valence-corrected chi connectivity index (χ2v) is 3.53. The Morgan fingerprint density at radius 2 is 2.18 bits per heavy atom. The summed E-state index contributed by atoms with van der Waals surface area (Å²) in [5.41, 5.74) is 0. The van der Waals surface area contributed by atoms with Crippen molar-refractivity contribution in [1.29, 1.82) is 0 Å². The Hall–Kier alpha value is -2.04. The van der Waals surface area contributed by atoms with Crippen molar-refractivity contribution in [3.8, 4) is 0 Å². The number of aryl methyl sites for hydroxylation is 1. The molecule has 92 valence electrons. The largest absolute Gasteiger partial charge is 0.480 e. The SMILES string of the molecule is CCN(CC(=O)O)C(=O)/C=C/c1ccc(C)o1. The molecule has 1 aromatic heterocycles. The zero-order valence-electron chi connectivity index (χ0n) is 9.84. The second-order valence-electron chi connectivity index (χ2n) is 3.53. The molecule has 5 heteroatoms. The number of carbonyl (C=O) groups excluding carboxylic acids is 1. The van der Waals surface area contributed by atoms with E-state index in [0.717, 1.165) is 5.76 Å². The molecule has 0 unspecified atom stereocenters. The van der Waals surface area contributed by atoms with Gasteiger partial charge in [0, 0.05) is 12.6 Å². The van der Waals surface area contributed by atoms with Crippen LogP contribution in [0.15, 0.2) is 22.6 Å². The maximum atomic E-state index is 11.6. The van der Waals surface area contributed by atoms with Gasteiger partial charge in [-0.05, 0) is 32.1 Å². The van der Waals surface area contributed by atoms with E-state index in [1.54, 1.807) is 19.1 Å². The van der Waals surface area contributed by atoms with Gasteiger partial charge in [-0.2, -0.15) is 0 Å². The van der Waals surface area contributed by atoms with Gasteiger partial charge in [-0.1, -0.05) is 0 Å². The number of hydrogen-bond donors (Lipinski definition) is 1. The number of aliphatic carboxylic acids is 1. The molecule has 0 radical (unpaired) electrons. The van der Waals surface area contributed by atoms with Crippen LogP contribution in [0, 0.1) is 6.92 Å². The smallest absolute Gasteiger partial charge is 0.323 e. The van der Waals surface area contributed by atoms with Crippen molar-refractivity contribution in [2.24, 2.45) is 0 Å². The molecule has 1 heterocycles. The van der Waals surface area contributed by atoms with Crippen LogP contribution in [0.1, 0.15) is 18.4 Å². The molecule has 0 bridgehead atoms. The van der Waals surface area contributed by atoms with E-state index >= 15 is 0 Å². The average molecular weight is 237 g/mol. The molecular weight excluding hydrogens is 222 g/mol. The first-order valence-corrected chi connectivity index (χ1v) is 5.28. The molecule has 17 heavy (non-hydrogen) atoms. The van der Waals surface area contributed by atoms with Crippen molar-refractivity contribution < 1.29 is 19.1 Å². The molecule has 0 fully saturated rings. The van der Waals surface area contributed by atoms with Gasteiger partial charge in [0.05, 0.1) is 0 Å². The second kappa shape index (κ2) is 5.89. The van der Waals surface area contributed by atoms with Crippen LogP contribution in [0.5, 0.6) is 0 Å². The fourth-order valence-electron chi connectivity index (χ4n) is 1.31. The third kappa shape index (κ3) is 4.14. The van der Waals surface area contributed by atoms with Crippen molar-refractivity contribution in [2.45, 2.75) is 13.8 Å². The van der Waals surface area contributed by atoms with Gasteiger partial charge in [0.1, 0.15) is 18.1 Å². The molecule has 0 spiro atoms. The van der Waals surface area contributed by atoms with Gasteiger partial charge in [0.25, 0.3) is 0 Å². The number of amides is 1. The average Bonchev–Trinajstić information content (AvgIpc) is 2.68. The van der Waals surface area contributed by atoms with Gasteiger partial charge in [-0.15, -0.1) is 0 Å². The molecule has 1 amide bonds. The highest BCUT2D eigenvalue weighted by atomic mass is 16.4. The van der Waals surface area contributed by atoms with Crippen LogP contribution in [0.2, 0.25) is 0 Å². The fraction of sp³-hybridized carbons (Fsp3) is 0.333. The van der Waals surface area contributed by atoms with Gasteiger partial charge in [-0.3, -0.25) is 9.59 Å². The lowest BCUT2D eigenvalue weighted by Crippen LogP contribution is -2.34. The minimum atomic E-state index is -1.03. The highest BCUT2D eigenvalue weighted by Gasteiger charge is 2.11. The van der Waals surface area contributed by atoms with E-state index in [-0.39, 0.29) is 12.5 Å². The summed E-state index contributed by atoms with van der Waals surface area (Å²) in [6.45, 7) is 3.59. The van der Waals surface area contributed by atoms with Crippen LogP contribution in [-0.4, -0.2) is 35.0 Å². The van der Waals surface area contributed by atoms with Gasteiger partial charge in [0.15, 0.2) is 0 Å². The molecular formula is C12H15NO4.